The van der Waals surface area contributed by atoms with Gasteiger partial charge in [0.1, 0.15) is 12.8 Å². The predicted octanol–water partition coefficient (Wildman–Crippen LogP) is 6.45. The number of hydrogen-bond donors (Lipinski definition) is 1. The van der Waals surface area contributed by atoms with Gasteiger partial charge in [-0.05, 0) is 29.7 Å². The highest BCUT2D eigenvalue weighted by atomic mass is 16.5. The molecule has 0 atom stereocenters. The van der Waals surface area contributed by atoms with E-state index in [4.69, 9.17) is 4.74 Å². The Bertz CT molecular complexity index is 773. The van der Waals surface area contributed by atoms with Crippen molar-refractivity contribution in [2.75, 3.05) is 6.61 Å². The van der Waals surface area contributed by atoms with Crippen LogP contribution in [0.3, 0.4) is 0 Å². The number of pyridine rings is 1. The Morgan fingerprint density at radius 1 is 0.818 bits per heavy atom. The minimum atomic E-state index is 0.0290. The van der Waals surface area contributed by atoms with Crippen molar-refractivity contribution in [3.05, 3.63) is 59.9 Å². The third-order valence-corrected chi connectivity index (χ3v) is 6.07. The number of nitrogens with one attached hydrogen (secondary N) is 1. The Kier molecular flexibility index (Phi) is 14.0. The Hall–Kier alpha value is -2.36. The van der Waals surface area contributed by atoms with E-state index in [9.17, 15) is 4.79 Å². The Balaban J connectivity index is 1.51. The molecule has 182 valence electrons. The van der Waals surface area contributed by atoms with Gasteiger partial charge in [0.05, 0.1) is 13.0 Å². The van der Waals surface area contributed by atoms with Crippen LogP contribution in [0.2, 0.25) is 0 Å². The van der Waals surface area contributed by atoms with Gasteiger partial charge in [-0.3, -0.25) is 4.79 Å². The molecule has 0 aliphatic carbocycles. The van der Waals surface area contributed by atoms with Crippen molar-refractivity contribution >= 4 is 5.91 Å². The highest BCUT2D eigenvalue weighted by Crippen LogP contribution is 2.16. The number of aromatic nitrogens is 1. The van der Waals surface area contributed by atoms with E-state index in [-0.39, 0.29) is 5.91 Å². The van der Waals surface area contributed by atoms with Crippen molar-refractivity contribution in [2.45, 2.75) is 96.9 Å². The van der Waals surface area contributed by atoms with Crippen molar-refractivity contribution in [3.8, 4) is 5.75 Å². The van der Waals surface area contributed by atoms with Gasteiger partial charge in [-0.1, -0.05) is 89.7 Å². The zero-order valence-electron chi connectivity index (χ0n) is 21.0. The normalized spacial score (nSPS) is 10.8. The molecule has 2 rings (SSSR count). The van der Waals surface area contributed by atoms with E-state index in [0.29, 0.717) is 13.0 Å². The molecule has 2 aromatic rings. The van der Waals surface area contributed by atoms with E-state index >= 15 is 0 Å². The monoisotopic (exact) mass is 453 g/mol. The Labute approximate surface area is 201 Å². The van der Waals surface area contributed by atoms with Crippen LogP contribution in [-0.4, -0.2) is 12.5 Å². The lowest BCUT2D eigenvalue weighted by Gasteiger charge is -2.09. The lowest BCUT2D eigenvalue weighted by atomic mass is 10.1. The molecule has 33 heavy (non-hydrogen) atoms. The van der Waals surface area contributed by atoms with Crippen molar-refractivity contribution in [3.63, 3.8) is 0 Å². The Morgan fingerprint density at radius 3 is 2.06 bits per heavy atom. The summed E-state index contributed by atoms with van der Waals surface area (Å²) in [5.41, 5.74) is 2.08. The van der Waals surface area contributed by atoms with Crippen molar-refractivity contribution in [1.82, 2.24) is 5.32 Å². The molecule has 0 saturated carbocycles. The minimum Gasteiger partial charge on any atom is -0.494 e. The molecule has 4 nitrogen and oxygen atoms in total. The fourth-order valence-corrected chi connectivity index (χ4v) is 3.98. The number of aryl methyl sites for hydroxylation is 1. The van der Waals surface area contributed by atoms with Gasteiger partial charge in [0.25, 0.3) is 0 Å². The molecule has 0 aliphatic heterocycles. The summed E-state index contributed by atoms with van der Waals surface area (Å²) in [4.78, 5) is 12.3. The molecule has 1 amide bonds. The minimum absolute atomic E-state index is 0.0290. The van der Waals surface area contributed by atoms with Crippen LogP contribution in [0.5, 0.6) is 5.75 Å². The predicted molar refractivity (Wildman–Crippen MR) is 136 cm³/mol. The smallest absolute Gasteiger partial charge is 0.224 e. The van der Waals surface area contributed by atoms with Gasteiger partial charge in [-0.15, -0.1) is 0 Å². The quantitative estimate of drug-likeness (QED) is 0.208. The number of carbonyl (C=O) groups excluding carboxylic acids is 1. The van der Waals surface area contributed by atoms with Crippen LogP contribution >= 0.6 is 0 Å². The van der Waals surface area contributed by atoms with Gasteiger partial charge in [-0.2, -0.15) is 0 Å². The van der Waals surface area contributed by atoms with Gasteiger partial charge < -0.3 is 10.1 Å². The highest BCUT2D eigenvalue weighted by molar-refractivity contribution is 5.78. The second-order valence-electron chi connectivity index (χ2n) is 9.21. The van der Waals surface area contributed by atoms with Gasteiger partial charge in [-0.25, -0.2) is 4.57 Å². The molecule has 1 aromatic heterocycles. The molecule has 1 aromatic carbocycles. The lowest BCUT2D eigenvalue weighted by molar-refractivity contribution is -0.671. The van der Waals surface area contributed by atoms with E-state index in [0.717, 1.165) is 29.9 Å². The molecule has 0 saturated heterocycles. The molecule has 0 unspecified atom stereocenters. The summed E-state index contributed by atoms with van der Waals surface area (Å²) >= 11 is 0. The van der Waals surface area contributed by atoms with E-state index in [1.54, 1.807) is 0 Å². The second kappa shape index (κ2) is 17.2. The lowest BCUT2D eigenvalue weighted by Crippen LogP contribution is -2.28. The summed E-state index contributed by atoms with van der Waals surface area (Å²) in [6.07, 6.45) is 20.5. The van der Waals surface area contributed by atoms with Crippen LogP contribution in [0.1, 0.15) is 95.1 Å². The summed E-state index contributed by atoms with van der Waals surface area (Å²) in [7, 11) is 1.98. The largest absolute Gasteiger partial charge is 0.494 e. The first kappa shape index (κ1) is 26.9. The van der Waals surface area contributed by atoms with E-state index in [1.165, 1.54) is 70.6 Å². The zero-order chi connectivity index (χ0) is 23.6. The maximum atomic E-state index is 12.3. The van der Waals surface area contributed by atoms with Gasteiger partial charge in [0.15, 0.2) is 12.4 Å². The average molecular weight is 454 g/mol. The number of unbranched alkanes of at least 4 members (excludes halogenated alkanes) is 11. The summed E-state index contributed by atoms with van der Waals surface area (Å²) in [5.74, 6) is 0.889. The third-order valence-electron chi connectivity index (χ3n) is 6.07. The summed E-state index contributed by atoms with van der Waals surface area (Å²) in [6.45, 7) is 3.57. The fourth-order valence-electron chi connectivity index (χ4n) is 3.98. The Morgan fingerprint density at radius 2 is 1.42 bits per heavy atom. The standard InChI is InChI=1S/C29H44N2O2/c1-3-4-5-6-7-8-9-10-11-12-13-14-22-33-28-17-15-16-27(23-28)24-29(32)30-25-26-18-20-31(2)21-19-26/h15-21,23H,3-14,22,24-25H2,1-2H3/p+1. The maximum Gasteiger partial charge on any atom is 0.224 e. The zero-order valence-corrected chi connectivity index (χ0v) is 21.0. The first-order valence-corrected chi connectivity index (χ1v) is 13.1. The van der Waals surface area contributed by atoms with Crippen LogP contribution < -0.4 is 14.6 Å². The highest BCUT2D eigenvalue weighted by Gasteiger charge is 2.06. The molecule has 0 bridgehead atoms. The molecule has 0 aliphatic rings. The third kappa shape index (κ3) is 13.1. The number of amides is 1. The molecule has 4 heteroatoms. The van der Waals surface area contributed by atoms with Crippen LogP contribution in [0.15, 0.2) is 48.8 Å². The van der Waals surface area contributed by atoms with E-state index in [1.807, 2.05) is 60.4 Å². The number of ether oxygens (including phenoxy) is 1. The van der Waals surface area contributed by atoms with Crippen LogP contribution in [-0.2, 0) is 24.8 Å². The number of rotatable bonds is 18. The maximum absolute atomic E-state index is 12.3. The number of benzene rings is 1. The second-order valence-corrected chi connectivity index (χ2v) is 9.21. The topological polar surface area (TPSA) is 42.2 Å². The van der Waals surface area contributed by atoms with E-state index < -0.39 is 0 Å². The van der Waals surface area contributed by atoms with Gasteiger partial charge >= 0.3 is 0 Å². The van der Waals surface area contributed by atoms with Crippen molar-refractivity contribution in [1.29, 1.82) is 0 Å². The molecule has 1 N–H and O–H groups in total. The fraction of sp³-hybridized carbons (Fsp3) is 0.586. The van der Waals surface area contributed by atoms with Gasteiger partial charge in [0.2, 0.25) is 5.91 Å². The number of hydrogen-bond acceptors (Lipinski definition) is 2. The van der Waals surface area contributed by atoms with Crippen LogP contribution in [0.25, 0.3) is 0 Å². The van der Waals surface area contributed by atoms with E-state index in [2.05, 4.69) is 12.2 Å². The molecular formula is C29H45N2O2+. The average Bonchev–Trinajstić information content (AvgIpc) is 2.82. The van der Waals surface area contributed by atoms with Crippen molar-refractivity contribution in [2.24, 2.45) is 7.05 Å². The summed E-state index contributed by atoms with van der Waals surface area (Å²) in [6, 6.07) is 12.0. The molecular weight excluding hydrogens is 408 g/mol. The number of carbonyl (C=O) groups is 1. The van der Waals surface area contributed by atoms with Crippen LogP contribution in [0, 0.1) is 0 Å². The SMILES string of the molecule is CCCCCCCCCCCCCCOc1cccc(CC(=O)NCc2cc[n+](C)cc2)c1. The van der Waals surface area contributed by atoms with Crippen molar-refractivity contribution < 1.29 is 14.1 Å². The van der Waals surface area contributed by atoms with Gasteiger partial charge in [0, 0.05) is 18.7 Å². The molecule has 0 radical (unpaired) electrons. The molecule has 0 fully saturated rings. The first-order chi connectivity index (χ1) is 16.2. The summed E-state index contributed by atoms with van der Waals surface area (Å²) < 4.78 is 7.91. The molecule has 1 heterocycles. The first-order valence-electron chi connectivity index (χ1n) is 13.1. The molecule has 0 spiro atoms. The summed E-state index contributed by atoms with van der Waals surface area (Å²) in [5, 5.41) is 2.99. The number of nitrogens with zero attached hydrogens (tertiary/aromatic N) is 1. The van der Waals surface area contributed by atoms with Crippen LogP contribution in [0.4, 0.5) is 0 Å².